The number of hydrogen-bond donors (Lipinski definition) is 2. The number of aromatic nitrogens is 2. The summed E-state index contributed by atoms with van der Waals surface area (Å²) in [5.41, 5.74) is 1.74. The third kappa shape index (κ3) is 2.31. The van der Waals surface area contributed by atoms with E-state index in [1.807, 2.05) is 0 Å². The minimum absolute atomic E-state index is 0.0719. The predicted molar refractivity (Wildman–Crippen MR) is 69.0 cm³/mol. The maximum atomic E-state index is 12.0. The molecule has 18 heavy (non-hydrogen) atoms. The molecule has 0 saturated carbocycles. The molecule has 2 aromatic rings. The first-order chi connectivity index (χ1) is 8.49. The molecule has 5 nitrogen and oxygen atoms in total. The number of phenols is 1. The summed E-state index contributed by atoms with van der Waals surface area (Å²) in [6, 6.07) is 4.53. The Kier molecular flexibility index (Phi) is 3.25. The van der Waals surface area contributed by atoms with E-state index in [0.717, 1.165) is 5.69 Å². The Morgan fingerprint density at radius 3 is 2.78 bits per heavy atom. The molecule has 0 saturated heterocycles. The minimum atomic E-state index is -0.276. The fourth-order valence-electron chi connectivity index (χ4n) is 1.51. The highest BCUT2D eigenvalue weighted by Crippen LogP contribution is 2.26. The topological polar surface area (TPSA) is 67.2 Å². The first kappa shape index (κ1) is 12.4. The Balaban J connectivity index is 2.21. The van der Waals surface area contributed by atoms with Gasteiger partial charge in [0.25, 0.3) is 5.91 Å². The smallest absolute Gasteiger partial charge is 0.259 e. The van der Waals surface area contributed by atoms with Gasteiger partial charge in [-0.2, -0.15) is 5.10 Å². The number of nitrogens with zero attached hydrogens (tertiary/aromatic N) is 2. The Morgan fingerprint density at radius 2 is 2.22 bits per heavy atom. The molecule has 0 fully saturated rings. The summed E-state index contributed by atoms with van der Waals surface area (Å²) in [7, 11) is 1.76. The molecule has 6 heteroatoms. The summed E-state index contributed by atoms with van der Waals surface area (Å²) < 4.78 is 1.62. The van der Waals surface area contributed by atoms with E-state index >= 15 is 0 Å². The molecule has 1 heterocycles. The molecule has 0 spiro atoms. The number of hydrogen-bond acceptors (Lipinski definition) is 3. The van der Waals surface area contributed by atoms with Crippen molar-refractivity contribution < 1.29 is 9.90 Å². The second kappa shape index (κ2) is 4.70. The van der Waals surface area contributed by atoms with E-state index in [2.05, 4.69) is 10.4 Å². The maximum absolute atomic E-state index is 12.0. The lowest BCUT2D eigenvalue weighted by molar-refractivity contribution is 0.102. The number of phenolic OH excluding ortho intramolecular Hbond substituents is 1. The van der Waals surface area contributed by atoms with Gasteiger partial charge in [-0.05, 0) is 19.1 Å². The van der Waals surface area contributed by atoms with Crippen LogP contribution in [-0.2, 0) is 7.05 Å². The number of amides is 1. The minimum Gasteiger partial charge on any atom is -0.506 e. The average Bonchev–Trinajstić information content (AvgIpc) is 2.65. The van der Waals surface area contributed by atoms with E-state index in [1.54, 1.807) is 24.7 Å². The van der Waals surface area contributed by atoms with E-state index in [0.29, 0.717) is 11.3 Å². The largest absolute Gasteiger partial charge is 0.506 e. The van der Waals surface area contributed by atoms with Crippen LogP contribution in [0.5, 0.6) is 5.75 Å². The summed E-state index contributed by atoms with van der Waals surface area (Å²) in [6.07, 6.45) is 1.50. The van der Waals surface area contributed by atoms with E-state index in [1.165, 1.54) is 18.3 Å². The molecule has 2 N–H and O–H groups in total. The first-order valence-corrected chi connectivity index (χ1v) is 5.65. The number of carbonyl (C=O) groups excluding carboxylic acids is 1. The highest BCUT2D eigenvalue weighted by Gasteiger charge is 2.13. The number of benzene rings is 1. The van der Waals surface area contributed by atoms with Crippen LogP contribution in [0.4, 0.5) is 5.69 Å². The van der Waals surface area contributed by atoms with E-state index in [4.69, 9.17) is 11.6 Å². The number of carbonyl (C=O) groups is 1. The van der Waals surface area contributed by atoms with Gasteiger partial charge in [-0.25, -0.2) is 0 Å². The molecule has 94 valence electrons. The molecule has 0 bridgehead atoms. The van der Waals surface area contributed by atoms with Gasteiger partial charge in [0.05, 0.1) is 16.8 Å². The molecular weight excluding hydrogens is 254 g/mol. The quantitative estimate of drug-likeness (QED) is 0.876. The predicted octanol–water partition coefficient (Wildman–Crippen LogP) is 2.34. The third-order valence-electron chi connectivity index (χ3n) is 2.68. The van der Waals surface area contributed by atoms with Crippen molar-refractivity contribution >= 4 is 23.2 Å². The first-order valence-electron chi connectivity index (χ1n) is 5.27. The van der Waals surface area contributed by atoms with E-state index < -0.39 is 0 Å². The van der Waals surface area contributed by atoms with Crippen LogP contribution in [0, 0.1) is 6.92 Å². The zero-order valence-electron chi connectivity index (χ0n) is 9.94. The van der Waals surface area contributed by atoms with Gasteiger partial charge < -0.3 is 10.4 Å². The number of nitrogens with one attached hydrogen (secondary N) is 1. The lowest BCUT2D eigenvalue weighted by atomic mass is 10.2. The van der Waals surface area contributed by atoms with Crippen molar-refractivity contribution in [2.24, 2.45) is 7.05 Å². The fourth-order valence-corrected chi connectivity index (χ4v) is 1.63. The van der Waals surface area contributed by atoms with Crippen LogP contribution in [0.15, 0.2) is 24.4 Å². The second-order valence-electron chi connectivity index (χ2n) is 3.89. The van der Waals surface area contributed by atoms with Crippen molar-refractivity contribution in [1.82, 2.24) is 9.78 Å². The van der Waals surface area contributed by atoms with Gasteiger partial charge in [-0.3, -0.25) is 9.48 Å². The molecule has 0 radical (unpaired) electrons. The standard InChI is InChI=1S/C12H12ClN3O2/c1-7-9(6-14-16(7)2)12(18)15-8-3-4-10(13)11(17)5-8/h3-6,17H,1-2H3,(H,15,18). The van der Waals surface area contributed by atoms with Crippen LogP contribution in [0.3, 0.4) is 0 Å². The molecule has 1 amide bonds. The maximum Gasteiger partial charge on any atom is 0.259 e. The van der Waals surface area contributed by atoms with Crippen LogP contribution >= 0.6 is 11.6 Å². The van der Waals surface area contributed by atoms with E-state index in [9.17, 15) is 9.90 Å². The van der Waals surface area contributed by atoms with Crippen LogP contribution in [-0.4, -0.2) is 20.8 Å². The molecule has 0 atom stereocenters. The Bertz CT molecular complexity index is 607. The normalized spacial score (nSPS) is 10.4. The summed E-state index contributed by atoms with van der Waals surface area (Å²) in [4.78, 5) is 12.0. The molecule has 0 aliphatic heterocycles. The van der Waals surface area contributed by atoms with Gasteiger partial charge in [0.15, 0.2) is 0 Å². The van der Waals surface area contributed by atoms with E-state index in [-0.39, 0.29) is 16.7 Å². The van der Waals surface area contributed by atoms with Gasteiger partial charge in [-0.1, -0.05) is 11.6 Å². The molecule has 0 aliphatic rings. The van der Waals surface area contributed by atoms with Gasteiger partial charge in [0.1, 0.15) is 5.75 Å². The molecule has 1 aromatic carbocycles. The fraction of sp³-hybridized carbons (Fsp3) is 0.167. The van der Waals surface area contributed by atoms with Gasteiger partial charge in [0.2, 0.25) is 0 Å². The van der Waals surface area contributed by atoms with Crippen LogP contribution in [0.25, 0.3) is 0 Å². The van der Waals surface area contributed by atoms with Crippen molar-refractivity contribution in [2.45, 2.75) is 6.92 Å². The lowest BCUT2D eigenvalue weighted by Gasteiger charge is -2.06. The van der Waals surface area contributed by atoms with Crippen molar-refractivity contribution in [2.75, 3.05) is 5.32 Å². The summed E-state index contributed by atoms with van der Waals surface area (Å²) in [5.74, 6) is -0.348. The Hall–Kier alpha value is -2.01. The van der Waals surface area contributed by atoms with Crippen molar-refractivity contribution in [3.05, 3.63) is 40.7 Å². The number of rotatable bonds is 2. The van der Waals surface area contributed by atoms with Crippen molar-refractivity contribution in [3.63, 3.8) is 0 Å². The van der Waals surface area contributed by atoms with Gasteiger partial charge in [-0.15, -0.1) is 0 Å². The third-order valence-corrected chi connectivity index (χ3v) is 3.00. The van der Waals surface area contributed by atoms with Crippen LogP contribution in [0.2, 0.25) is 5.02 Å². The van der Waals surface area contributed by atoms with Gasteiger partial charge in [0, 0.05) is 24.5 Å². The van der Waals surface area contributed by atoms with Gasteiger partial charge >= 0.3 is 0 Å². The zero-order valence-corrected chi connectivity index (χ0v) is 10.7. The molecule has 1 aromatic heterocycles. The lowest BCUT2D eigenvalue weighted by Crippen LogP contribution is -2.12. The van der Waals surface area contributed by atoms with Crippen LogP contribution < -0.4 is 5.32 Å². The number of aryl methyl sites for hydroxylation is 1. The SMILES string of the molecule is Cc1c(C(=O)Nc2ccc(Cl)c(O)c2)cnn1C. The number of aromatic hydroxyl groups is 1. The summed E-state index contributed by atoms with van der Waals surface area (Å²) in [6.45, 7) is 1.81. The highest BCUT2D eigenvalue weighted by atomic mass is 35.5. The van der Waals surface area contributed by atoms with Crippen molar-refractivity contribution in [1.29, 1.82) is 0 Å². The number of halogens is 1. The van der Waals surface area contributed by atoms with Crippen LogP contribution in [0.1, 0.15) is 16.1 Å². The Morgan fingerprint density at radius 1 is 1.50 bits per heavy atom. The highest BCUT2D eigenvalue weighted by molar-refractivity contribution is 6.32. The average molecular weight is 266 g/mol. The molecular formula is C12H12ClN3O2. The van der Waals surface area contributed by atoms with Crippen molar-refractivity contribution in [3.8, 4) is 5.75 Å². The monoisotopic (exact) mass is 265 g/mol. The zero-order chi connectivity index (χ0) is 13.3. The molecule has 2 rings (SSSR count). The molecule has 0 aliphatic carbocycles. The second-order valence-corrected chi connectivity index (χ2v) is 4.29. The molecule has 0 unspecified atom stereocenters. The summed E-state index contributed by atoms with van der Waals surface area (Å²) >= 11 is 5.69. The number of anilines is 1. The Labute approximate surface area is 109 Å². The summed E-state index contributed by atoms with van der Waals surface area (Å²) in [5, 5.41) is 16.3.